The molecule has 4 nitrogen and oxygen atoms in total. The van der Waals surface area contributed by atoms with E-state index in [0.717, 1.165) is 16.8 Å². The first-order valence-electron chi connectivity index (χ1n) is 8.02. The van der Waals surface area contributed by atoms with Crippen molar-refractivity contribution >= 4 is 21.8 Å². The van der Waals surface area contributed by atoms with Crippen molar-refractivity contribution in [2.75, 3.05) is 6.61 Å². The maximum absolute atomic E-state index is 9.53. The summed E-state index contributed by atoms with van der Waals surface area (Å²) in [6.07, 6.45) is 0. The van der Waals surface area contributed by atoms with E-state index in [1.807, 2.05) is 53.1 Å². The summed E-state index contributed by atoms with van der Waals surface area (Å²) in [5.41, 5.74) is 1.91. The summed E-state index contributed by atoms with van der Waals surface area (Å²) in [6, 6.07) is 22.2. The van der Waals surface area contributed by atoms with Crippen LogP contribution in [0, 0.1) is 0 Å². The zero-order valence-corrected chi connectivity index (χ0v) is 13.2. The normalized spacial score (nSPS) is 11.2. The van der Waals surface area contributed by atoms with Crippen LogP contribution in [0.25, 0.3) is 21.8 Å². The number of hydrogen-bond donors (Lipinski definition) is 1. The van der Waals surface area contributed by atoms with Crippen molar-refractivity contribution in [3.05, 3.63) is 72.6 Å². The molecule has 0 aliphatic rings. The number of nitrogens with zero attached hydrogens (tertiary/aromatic N) is 2. The highest BCUT2D eigenvalue weighted by Gasteiger charge is 2.09. The lowest BCUT2D eigenvalue weighted by Crippen LogP contribution is -2.11. The first-order chi connectivity index (χ1) is 11.8. The first kappa shape index (κ1) is 14.7. The van der Waals surface area contributed by atoms with Gasteiger partial charge in [-0.1, -0.05) is 42.5 Å². The number of benzene rings is 3. The minimum Gasteiger partial charge on any atom is -0.492 e. The number of fused-ring (bicyclic) bond motifs is 2. The first-order valence-corrected chi connectivity index (χ1v) is 8.02. The summed E-state index contributed by atoms with van der Waals surface area (Å²) in [7, 11) is 0. The number of aliphatic hydroxyl groups excluding tert-OH is 1. The second-order valence-electron chi connectivity index (χ2n) is 5.68. The molecule has 0 fully saturated rings. The van der Waals surface area contributed by atoms with Gasteiger partial charge in [-0.25, -0.2) is 4.98 Å². The van der Waals surface area contributed by atoms with Crippen LogP contribution in [-0.4, -0.2) is 21.3 Å². The molecule has 0 saturated heterocycles. The summed E-state index contributed by atoms with van der Waals surface area (Å²) < 4.78 is 7.92. The highest BCUT2D eigenvalue weighted by atomic mass is 16.5. The van der Waals surface area contributed by atoms with Gasteiger partial charge in [0.2, 0.25) is 0 Å². The topological polar surface area (TPSA) is 47.3 Å². The molecule has 0 aliphatic heterocycles. The molecule has 3 aromatic carbocycles. The van der Waals surface area contributed by atoms with Gasteiger partial charge in [-0.2, -0.15) is 0 Å². The zero-order valence-electron chi connectivity index (χ0n) is 13.2. The molecule has 0 aliphatic carbocycles. The Morgan fingerprint density at radius 2 is 1.71 bits per heavy atom. The quantitative estimate of drug-likeness (QED) is 0.609. The van der Waals surface area contributed by atoms with Gasteiger partial charge in [0, 0.05) is 0 Å². The van der Waals surface area contributed by atoms with E-state index in [-0.39, 0.29) is 6.61 Å². The number of ether oxygens (including phenoxy) is 1. The molecule has 1 N–H and O–H groups in total. The van der Waals surface area contributed by atoms with Crippen LogP contribution in [0.1, 0.15) is 5.82 Å². The Kier molecular flexibility index (Phi) is 3.89. The van der Waals surface area contributed by atoms with E-state index in [2.05, 4.69) is 23.2 Å². The third-order valence-electron chi connectivity index (χ3n) is 4.18. The van der Waals surface area contributed by atoms with Gasteiger partial charge in [-0.3, -0.25) is 0 Å². The summed E-state index contributed by atoms with van der Waals surface area (Å²) in [4.78, 5) is 4.46. The molecule has 0 radical (unpaired) electrons. The Morgan fingerprint density at radius 3 is 2.58 bits per heavy atom. The maximum atomic E-state index is 9.53. The predicted molar refractivity (Wildman–Crippen MR) is 95.1 cm³/mol. The zero-order chi connectivity index (χ0) is 16.4. The molecule has 0 unspecified atom stereocenters. The number of imidazole rings is 1. The lowest BCUT2D eigenvalue weighted by Gasteiger charge is -2.10. The number of aliphatic hydroxyl groups is 1. The van der Waals surface area contributed by atoms with Crippen LogP contribution in [0.5, 0.6) is 5.75 Å². The molecular weight excluding hydrogens is 300 g/mol. The summed E-state index contributed by atoms with van der Waals surface area (Å²) >= 11 is 0. The fourth-order valence-electron chi connectivity index (χ4n) is 3.01. The van der Waals surface area contributed by atoms with Gasteiger partial charge >= 0.3 is 0 Å². The van der Waals surface area contributed by atoms with Crippen LogP contribution >= 0.6 is 0 Å². The van der Waals surface area contributed by atoms with Crippen molar-refractivity contribution < 1.29 is 9.84 Å². The van der Waals surface area contributed by atoms with E-state index in [1.165, 1.54) is 10.8 Å². The van der Waals surface area contributed by atoms with E-state index in [4.69, 9.17) is 4.74 Å². The Morgan fingerprint density at radius 1 is 0.917 bits per heavy atom. The van der Waals surface area contributed by atoms with Gasteiger partial charge in [-0.05, 0) is 35.0 Å². The number of para-hydroxylation sites is 2. The third kappa shape index (κ3) is 2.72. The highest BCUT2D eigenvalue weighted by molar-refractivity contribution is 5.83. The van der Waals surface area contributed by atoms with E-state index in [9.17, 15) is 5.11 Å². The van der Waals surface area contributed by atoms with Crippen LogP contribution < -0.4 is 4.74 Å². The minimum atomic E-state index is -0.0787. The van der Waals surface area contributed by atoms with E-state index >= 15 is 0 Å². The van der Waals surface area contributed by atoms with E-state index in [1.54, 1.807) is 0 Å². The van der Waals surface area contributed by atoms with E-state index in [0.29, 0.717) is 19.0 Å². The van der Waals surface area contributed by atoms with Crippen molar-refractivity contribution in [2.45, 2.75) is 13.2 Å². The Bertz CT molecular complexity index is 991. The molecule has 1 heterocycles. The molecule has 4 aromatic rings. The van der Waals surface area contributed by atoms with Crippen LogP contribution in [0.3, 0.4) is 0 Å². The predicted octanol–water partition coefficient (Wildman–Crippen LogP) is 3.76. The van der Waals surface area contributed by atoms with E-state index < -0.39 is 0 Å². The summed E-state index contributed by atoms with van der Waals surface area (Å²) in [6.45, 7) is 1.08. The van der Waals surface area contributed by atoms with Crippen LogP contribution in [0.2, 0.25) is 0 Å². The van der Waals surface area contributed by atoms with Crippen molar-refractivity contribution in [2.24, 2.45) is 0 Å². The molecule has 0 atom stereocenters. The van der Waals surface area contributed by atoms with Gasteiger partial charge in [0.25, 0.3) is 0 Å². The molecular formula is C20H18N2O2. The monoisotopic (exact) mass is 318 g/mol. The van der Waals surface area contributed by atoms with Crippen molar-refractivity contribution in [1.29, 1.82) is 0 Å². The van der Waals surface area contributed by atoms with Crippen LogP contribution in [-0.2, 0) is 13.2 Å². The second-order valence-corrected chi connectivity index (χ2v) is 5.68. The fraction of sp³-hybridized carbons (Fsp3) is 0.150. The highest BCUT2D eigenvalue weighted by Crippen LogP contribution is 2.21. The smallest absolute Gasteiger partial charge is 0.135 e. The average molecular weight is 318 g/mol. The molecule has 0 bridgehead atoms. The minimum absolute atomic E-state index is 0.0787. The van der Waals surface area contributed by atoms with Crippen LogP contribution in [0.15, 0.2) is 66.7 Å². The van der Waals surface area contributed by atoms with Gasteiger partial charge in [0.05, 0.1) is 17.6 Å². The van der Waals surface area contributed by atoms with Crippen molar-refractivity contribution in [3.63, 3.8) is 0 Å². The largest absolute Gasteiger partial charge is 0.492 e. The summed E-state index contributed by atoms with van der Waals surface area (Å²) in [5, 5.41) is 11.9. The SMILES string of the molecule is OCc1nc2ccccc2n1CCOc1ccc2ccccc2c1. The Labute approximate surface area is 139 Å². The third-order valence-corrected chi connectivity index (χ3v) is 4.18. The Balaban J connectivity index is 1.52. The van der Waals surface area contributed by atoms with Crippen LogP contribution in [0.4, 0.5) is 0 Å². The van der Waals surface area contributed by atoms with Crippen molar-refractivity contribution in [3.8, 4) is 5.75 Å². The van der Waals surface area contributed by atoms with Gasteiger partial charge < -0.3 is 14.4 Å². The number of aromatic nitrogens is 2. The molecule has 0 amide bonds. The average Bonchev–Trinajstić information content (AvgIpc) is 2.99. The standard InChI is InChI=1S/C20H18N2O2/c23-14-20-21-18-7-3-4-8-19(18)22(20)11-12-24-17-10-9-15-5-1-2-6-16(15)13-17/h1-10,13,23H,11-12,14H2. The molecule has 1 aromatic heterocycles. The lowest BCUT2D eigenvalue weighted by atomic mass is 10.1. The molecule has 4 heteroatoms. The molecule has 0 spiro atoms. The Hall–Kier alpha value is -2.85. The fourth-order valence-corrected chi connectivity index (χ4v) is 3.01. The number of rotatable bonds is 5. The molecule has 0 saturated carbocycles. The molecule has 120 valence electrons. The lowest BCUT2D eigenvalue weighted by molar-refractivity contribution is 0.255. The second kappa shape index (κ2) is 6.34. The van der Waals surface area contributed by atoms with Gasteiger partial charge in [0.1, 0.15) is 24.8 Å². The number of hydrogen-bond acceptors (Lipinski definition) is 3. The van der Waals surface area contributed by atoms with Gasteiger partial charge in [0.15, 0.2) is 0 Å². The van der Waals surface area contributed by atoms with Crippen molar-refractivity contribution in [1.82, 2.24) is 9.55 Å². The molecule has 4 rings (SSSR count). The van der Waals surface area contributed by atoms with Gasteiger partial charge in [-0.15, -0.1) is 0 Å². The summed E-state index contributed by atoms with van der Waals surface area (Å²) in [5.74, 6) is 1.52. The maximum Gasteiger partial charge on any atom is 0.135 e. The molecule has 24 heavy (non-hydrogen) atoms.